The van der Waals surface area contributed by atoms with Gasteiger partial charge in [0.2, 0.25) is 0 Å². The van der Waals surface area contributed by atoms with Gasteiger partial charge in [-0.15, -0.1) is 0 Å². The number of hydrogen-bond donors (Lipinski definition) is 2. The molecule has 0 amide bonds. The van der Waals surface area contributed by atoms with Crippen molar-refractivity contribution in [2.24, 2.45) is 0 Å². The molecule has 7 heteroatoms. The van der Waals surface area contributed by atoms with Gasteiger partial charge in [0.25, 0.3) is 0 Å². The summed E-state index contributed by atoms with van der Waals surface area (Å²) in [4.78, 5) is 19.8. The van der Waals surface area contributed by atoms with Crippen molar-refractivity contribution in [3.8, 4) is 22.6 Å². The molecule has 0 bridgehead atoms. The monoisotopic (exact) mass is 409 g/mol. The maximum absolute atomic E-state index is 4.95. The number of piperidine rings is 1. The van der Waals surface area contributed by atoms with E-state index >= 15 is 0 Å². The largest absolute Gasteiger partial charge is 0.352 e. The quantitative estimate of drug-likeness (QED) is 0.455. The minimum Gasteiger partial charge on any atom is -0.352 e. The molecule has 0 atom stereocenters. The SMILES string of the molecule is c1cnc2cc(-c3n[nH]c4ccc(-c5cncc(CN6CCCCC6)c5)nc34)[nH]c2c1. The van der Waals surface area contributed by atoms with Crippen molar-refractivity contribution in [3.63, 3.8) is 0 Å². The number of likely N-dealkylation sites (tertiary alicyclic amines) is 1. The molecule has 0 radical (unpaired) electrons. The van der Waals surface area contributed by atoms with Crippen molar-refractivity contribution in [3.05, 3.63) is 60.6 Å². The van der Waals surface area contributed by atoms with Crippen molar-refractivity contribution < 1.29 is 0 Å². The number of pyridine rings is 3. The summed E-state index contributed by atoms with van der Waals surface area (Å²) in [5, 5.41) is 7.62. The van der Waals surface area contributed by atoms with Gasteiger partial charge in [-0.2, -0.15) is 5.10 Å². The molecule has 1 aliphatic heterocycles. The zero-order valence-corrected chi connectivity index (χ0v) is 17.2. The Morgan fingerprint density at radius 2 is 1.90 bits per heavy atom. The molecule has 0 spiro atoms. The molecule has 0 aromatic carbocycles. The fraction of sp³-hybridized carbons (Fsp3) is 0.250. The number of fused-ring (bicyclic) bond motifs is 2. The lowest BCUT2D eigenvalue weighted by molar-refractivity contribution is 0.220. The summed E-state index contributed by atoms with van der Waals surface area (Å²) in [6.07, 6.45) is 9.58. The minimum absolute atomic E-state index is 0.798. The summed E-state index contributed by atoms with van der Waals surface area (Å²) in [5.41, 5.74) is 8.51. The molecule has 154 valence electrons. The molecule has 6 heterocycles. The maximum atomic E-state index is 4.95. The first-order valence-electron chi connectivity index (χ1n) is 10.8. The second-order valence-corrected chi connectivity index (χ2v) is 8.20. The van der Waals surface area contributed by atoms with E-state index in [2.05, 4.69) is 36.1 Å². The molecule has 7 nitrogen and oxygen atoms in total. The van der Waals surface area contributed by atoms with Crippen LogP contribution in [-0.2, 0) is 6.54 Å². The molecule has 5 aromatic rings. The Kier molecular flexibility index (Phi) is 4.46. The standard InChI is InChI=1S/C24H23N7/c1-2-9-31(10-3-1)15-16-11-17(14-25-13-16)18-6-7-20-23(28-18)24(30-29-20)22-12-21-19(27-22)5-4-8-26-21/h4-8,11-14,27H,1-3,9-10,15H2,(H,29,30). The number of nitrogens with zero attached hydrogens (tertiary/aromatic N) is 5. The van der Waals surface area contributed by atoms with Crippen molar-refractivity contribution >= 4 is 22.1 Å². The molecule has 0 aliphatic carbocycles. The summed E-state index contributed by atoms with van der Waals surface area (Å²) in [5.74, 6) is 0. The van der Waals surface area contributed by atoms with Crippen molar-refractivity contribution in [1.29, 1.82) is 0 Å². The van der Waals surface area contributed by atoms with Crippen LogP contribution < -0.4 is 0 Å². The van der Waals surface area contributed by atoms with Gasteiger partial charge in [-0.05, 0) is 67.9 Å². The van der Waals surface area contributed by atoms with E-state index in [0.29, 0.717) is 0 Å². The van der Waals surface area contributed by atoms with E-state index in [1.54, 1.807) is 6.20 Å². The Morgan fingerprint density at radius 1 is 0.968 bits per heavy atom. The molecule has 5 aromatic heterocycles. The highest BCUT2D eigenvalue weighted by molar-refractivity contribution is 5.93. The highest BCUT2D eigenvalue weighted by Gasteiger charge is 2.15. The molecular formula is C24H23N7. The van der Waals surface area contributed by atoms with Crippen LogP contribution >= 0.6 is 0 Å². The smallest absolute Gasteiger partial charge is 0.135 e. The highest BCUT2D eigenvalue weighted by atomic mass is 15.1. The van der Waals surface area contributed by atoms with E-state index in [0.717, 1.165) is 51.3 Å². The summed E-state index contributed by atoms with van der Waals surface area (Å²) in [7, 11) is 0. The zero-order valence-electron chi connectivity index (χ0n) is 17.2. The third-order valence-corrected chi connectivity index (χ3v) is 6.00. The molecule has 0 unspecified atom stereocenters. The molecule has 2 N–H and O–H groups in total. The van der Waals surface area contributed by atoms with Crippen LogP contribution in [0.3, 0.4) is 0 Å². The van der Waals surface area contributed by atoms with Gasteiger partial charge in [-0.25, -0.2) is 4.98 Å². The van der Waals surface area contributed by atoms with Crippen LogP contribution in [0.5, 0.6) is 0 Å². The van der Waals surface area contributed by atoms with Gasteiger partial charge in [0.15, 0.2) is 0 Å². The van der Waals surface area contributed by atoms with Gasteiger partial charge < -0.3 is 4.98 Å². The molecule has 0 saturated carbocycles. The fourth-order valence-electron chi connectivity index (χ4n) is 4.42. The van der Waals surface area contributed by atoms with Gasteiger partial charge in [-0.1, -0.05) is 6.42 Å². The molecular weight excluding hydrogens is 386 g/mol. The Morgan fingerprint density at radius 3 is 2.81 bits per heavy atom. The molecule has 1 aliphatic rings. The molecule has 6 rings (SSSR count). The molecule has 1 saturated heterocycles. The summed E-state index contributed by atoms with van der Waals surface area (Å²) in [6.45, 7) is 3.29. The van der Waals surface area contributed by atoms with E-state index in [-0.39, 0.29) is 0 Å². The van der Waals surface area contributed by atoms with Gasteiger partial charge >= 0.3 is 0 Å². The predicted molar refractivity (Wildman–Crippen MR) is 121 cm³/mol. The van der Waals surface area contributed by atoms with E-state index in [1.165, 1.54) is 37.9 Å². The number of H-pyrrole nitrogens is 2. The predicted octanol–water partition coefficient (Wildman–Crippen LogP) is 4.55. The third-order valence-electron chi connectivity index (χ3n) is 6.00. The first-order valence-corrected chi connectivity index (χ1v) is 10.8. The fourth-order valence-corrected chi connectivity index (χ4v) is 4.42. The zero-order chi connectivity index (χ0) is 20.6. The first-order chi connectivity index (χ1) is 15.3. The highest BCUT2D eigenvalue weighted by Crippen LogP contribution is 2.29. The van der Waals surface area contributed by atoms with Crippen LogP contribution in [0.2, 0.25) is 0 Å². The Balaban J connectivity index is 1.36. The van der Waals surface area contributed by atoms with Gasteiger partial charge in [0, 0.05) is 30.7 Å². The van der Waals surface area contributed by atoms with Crippen LogP contribution in [0.1, 0.15) is 24.8 Å². The van der Waals surface area contributed by atoms with Crippen LogP contribution in [0, 0.1) is 0 Å². The van der Waals surface area contributed by atoms with E-state index in [1.807, 2.05) is 42.7 Å². The topological polar surface area (TPSA) is 86.4 Å². The number of hydrogen-bond acceptors (Lipinski definition) is 5. The first kappa shape index (κ1) is 18.2. The Hall–Kier alpha value is -3.58. The molecule has 1 fully saturated rings. The average molecular weight is 409 g/mol. The summed E-state index contributed by atoms with van der Waals surface area (Å²) >= 11 is 0. The lowest BCUT2D eigenvalue weighted by Crippen LogP contribution is -2.29. The van der Waals surface area contributed by atoms with E-state index < -0.39 is 0 Å². The number of aromatic amines is 2. The lowest BCUT2D eigenvalue weighted by atomic mass is 10.1. The van der Waals surface area contributed by atoms with Crippen LogP contribution in [-0.4, -0.2) is 48.1 Å². The summed E-state index contributed by atoms with van der Waals surface area (Å²) in [6, 6.07) is 12.2. The van der Waals surface area contributed by atoms with Gasteiger partial charge in [0.1, 0.15) is 11.2 Å². The van der Waals surface area contributed by atoms with Crippen LogP contribution in [0.25, 0.3) is 44.7 Å². The molecule has 31 heavy (non-hydrogen) atoms. The second kappa shape index (κ2) is 7.59. The number of aromatic nitrogens is 6. The summed E-state index contributed by atoms with van der Waals surface area (Å²) < 4.78 is 0. The normalized spacial score (nSPS) is 15.1. The van der Waals surface area contributed by atoms with Gasteiger partial charge in [0.05, 0.1) is 27.9 Å². The van der Waals surface area contributed by atoms with Gasteiger partial charge in [-0.3, -0.25) is 20.0 Å². The van der Waals surface area contributed by atoms with Crippen molar-refractivity contribution in [2.45, 2.75) is 25.8 Å². The van der Waals surface area contributed by atoms with Crippen LogP contribution in [0.15, 0.2) is 55.0 Å². The van der Waals surface area contributed by atoms with E-state index in [4.69, 9.17) is 4.98 Å². The van der Waals surface area contributed by atoms with Crippen molar-refractivity contribution in [2.75, 3.05) is 13.1 Å². The number of nitrogens with one attached hydrogen (secondary N) is 2. The third kappa shape index (κ3) is 3.47. The Labute approximate surface area is 179 Å². The maximum Gasteiger partial charge on any atom is 0.135 e. The second-order valence-electron chi connectivity index (χ2n) is 8.20. The number of rotatable bonds is 4. The van der Waals surface area contributed by atoms with Crippen LogP contribution in [0.4, 0.5) is 0 Å². The van der Waals surface area contributed by atoms with E-state index in [9.17, 15) is 0 Å². The Bertz CT molecular complexity index is 1330. The lowest BCUT2D eigenvalue weighted by Gasteiger charge is -2.26. The van der Waals surface area contributed by atoms with Crippen molar-refractivity contribution in [1.82, 2.24) is 35.0 Å². The minimum atomic E-state index is 0.798. The average Bonchev–Trinajstić information content (AvgIpc) is 3.43.